The van der Waals surface area contributed by atoms with Gasteiger partial charge in [0.1, 0.15) is 11.6 Å². The van der Waals surface area contributed by atoms with Crippen LogP contribution in [0.3, 0.4) is 0 Å². The molecular formula is C14H12N2O4. The minimum Gasteiger partial charge on any atom is -0.478 e. The van der Waals surface area contributed by atoms with Crippen molar-refractivity contribution in [2.24, 2.45) is 0 Å². The summed E-state index contributed by atoms with van der Waals surface area (Å²) in [7, 11) is 0. The maximum absolute atomic E-state index is 11.8. The number of hydrogen-bond acceptors (Lipinski definition) is 4. The van der Waals surface area contributed by atoms with Crippen LogP contribution in [0.25, 0.3) is 6.08 Å². The summed E-state index contributed by atoms with van der Waals surface area (Å²) in [6.45, 7) is 1.74. The van der Waals surface area contributed by atoms with Gasteiger partial charge >= 0.3 is 5.97 Å². The lowest BCUT2D eigenvalue weighted by atomic mass is 10.3. The highest BCUT2D eigenvalue weighted by atomic mass is 16.4. The molecule has 6 nitrogen and oxygen atoms in total. The van der Waals surface area contributed by atoms with E-state index in [4.69, 9.17) is 9.52 Å². The smallest absolute Gasteiger partial charge is 0.328 e. The van der Waals surface area contributed by atoms with Crippen molar-refractivity contribution in [3.05, 3.63) is 53.6 Å². The molecule has 2 aromatic heterocycles. The quantitative estimate of drug-likeness (QED) is 0.833. The maximum atomic E-state index is 11.8. The van der Waals surface area contributed by atoms with Gasteiger partial charge in [-0.05, 0) is 37.3 Å². The molecule has 0 unspecified atom stereocenters. The van der Waals surface area contributed by atoms with Gasteiger partial charge in [0.2, 0.25) is 0 Å². The van der Waals surface area contributed by atoms with E-state index in [1.165, 1.54) is 6.08 Å². The molecule has 0 fully saturated rings. The van der Waals surface area contributed by atoms with Crippen LogP contribution in [0.5, 0.6) is 0 Å². The van der Waals surface area contributed by atoms with Gasteiger partial charge in [0, 0.05) is 6.08 Å². The monoisotopic (exact) mass is 272 g/mol. The average molecular weight is 272 g/mol. The number of furan rings is 1. The third-order valence-corrected chi connectivity index (χ3v) is 2.37. The first-order valence-electron chi connectivity index (χ1n) is 5.80. The molecule has 2 N–H and O–H groups in total. The second-order valence-electron chi connectivity index (χ2n) is 3.98. The zero-order valence-corrected chi connectivity index (χ0v) is 10.7. The fraction of sp³-hybridized carbons (Fsp3) is 0.0714. The summed E-state index contributed by atoms with van der Waals surface area (Å²) < 4.78 is 5.20. The van der Waals surface area contributed by atoms with Crippen molar-refractivity contribution in [2.45, 2.75) is 6.92 Å². The minimum atomic E-state index is -1.06. The van der Waals surface area contributed by atoms with Crippen molar-refractivity contribution in [3.63, 3.8) is 0 Å². The number of carboxylic acid groups (broad SMARTS) is 1. The molecule has 2 rings (SSSR count). The fourth-order valence-electron chi connectivity index (χ4n) is 1.51. The summed E-state index contributed by atoms with van der Waals surface area (Å²) in [5.41, 5.74) is 0.431. The molecule has 2 heterocycles. The number of aliphatic carboxylic acids is 1. The van der Waals surface area contributed by atoms with Crippen LogP contribution in [0, 0.1) is 6.92 Å². The Morgan fingerprint density at radius 3 is 2.75 bits per heavy atom. The van der Waals surface area contributed by atoms with Gasteiger partial charge in [-0.3, -0.25) is 4.79 Å². The Bertz CT molecular complexity index is 673. The van der Waals surface area contributed by atoms with Gasteiger partial charge < -0.3 is 14.8 Å². The third kappa shape index (κ3) is 3.55. The van der Waals surface area contributed by atoms with Crippen LogP contribution < -0.4 is 5.32 Å². The van der Waals surface area contributed by atoms with Gasteiger partial charge in [0.05, 0.1) is 5.69 Å². The first kappa shape index (κ1) is 13.5. The number of carbonyl (C=O) groups excluding carboxylic acids is 1. The molecule has 0 aliphatic carbocycles. The van der Waals surface area contributed by atoms with Crippen molar-refractivity contribution in [1.29, 1.82) is 0 Å². The van der Waals surface area contributed by atoms with Gasteiger partial charge in [-0.1, -0.05) is 6.07 Å². The normalized spacial score (nSPS) is 10.7. The highest BCUT2D eigenvalue weighted by Gasteiger charge is 2.10. The third-order valence-electron chi connectivity index (χ3n) is 2.37. The molecule has 20 heavy (non-hydrogen) atoms. The number of amides is 1. The largest absolute Gasteiger partial charge is 0.478 e. The molecule has 102 valence electrons. The molecule has 6 heteroatoms. The lowest BCUT2D eigenvalue weighted by Gasteiger charge is -2.03. The number of rotatable bonds is 4. The molecular weight excluding hydrogens is 260 g/mol. The van der Waals surface area contributed by atoms with Crippen molar-refractivity contribution >= 4 is 23.8 Å². The number of anilines is 1. The zero-order valence-electron chi connectivity index (χ0n) is 10.7. The van der Waals surface area contributed by atoms with E-state index in [1.54, 1.807) is 37.3 Å². The number of nitrogens with one attached hydrogen (secondary N) is 1. The van der Waals surface area contributed by atoms with Gasteiger partial charge in [-0.2, -0.15) is 0 Å². The van der Waals surface area contributed by atoms with E-state index in [0.29, 0.717) is 17.3 Å². The summed E-state index contributed by atoms with van der Waals surface area (Å²) in [5.74, 6) is -0.328. The van der Waals surface area contributed by atoms with Crippen LogP contribution in [-0.2, 0) is 4.79 Å². The topological polar surface area (TPSA) is 92.4 Å². The van der Waals surface area contributed by atoms with Gasteiger partial charge in [0.15, 0.2) is 5.76 Å². The average Bonchev–Trinajstić information content (AvgIpc) is 2.84. The van der Waals surface area contributed by atoms with E-state index < -0.39 is 11.9 Å². The summed E-state index contributed by atoms with van der Waals surface area (Å²) >= 11 is 0. The van der Waals surface area contributed by atoms with Gasteiger partial charge in [0.25, 0.3) is 5.91 Å². The molecule has 0 bridgehead atoms. The number of aryl methyl sites for hydroxylation is 1. The van der Waals surface area contributed by atoms with Gasteiger partial charge in [-0.15, -0.1) is 0 Å². The Balaban J connectivity index is 2.11. The van der Waals surface area contributed by atoms with E-state index in [-0.39, 0.29) is 5.76 Å². The molecule has 2 aromatic rings. The first-order valence-corrected chi connectivity index (χ1v) is 5.80. The molecule has 0 spiro atoms. The van der Waals surface area contributed by atoms with Crippen LogP contribution in [0.2, 0.25) is 0 Å². The molecule has 0 aliphatic rings. The molecule has 0 saturated heterocycles. The lowest BCUT2D eigenvalue weighted by molar-refractivity contribution is -0.131. The van der Waals surface area contributed by atoms with E-state index in [2.05, 4.69) is 10.3 Å². The Labute approximate surface area is 114 Å². The summed E-state index contributed by atoms with van der Waals surface area (Å²) in [5, 5.41) is 11.1. The van der Waals surface area contributed by atoms with E-state index >= 15 is 0 Å². The first-order chi connectivity index (χ1) is 9.54. The van der Waals surface area contributed by atoms with Crippen LogP contribution in [-0.4, -0.2) is 22.0 Å². The van der Waals surface area contributed by atoms with E-state index in [1.807, 2.05) is 0 Å². The molecule has 0 atom stereocenters. The Kier molecular flexibility index (Phi) is 3.95. The predicted molar refractivity (Wildman–Crippen MR) is 72.3 cm³/mol. The predicted octanol–water partition coefficient (Wildman–Crippen LogP) is 2.33. The molecule has 0 aromatic carbocycles. The zero-order chi connectivity index (χ0) is 14.5. The number of pyridine rings is 1. The summed E-state index contributed by atoms with van der Waals surface area (Å²) in [6.07, 6.45) is 2.32. The Morgan fingerprint density at radius 2 is 2.10 bits per heavy atom. The number of carbonyl (C=O) groups is 2. The second-order valence-corrected chi connectivity index (χ2v) is 3.98. The highest BCUT2D eigenvalue weighted by Crippen LogP contribution is 2.11. The molecule has 0 saturated carbocycles. The van der Waals surface area contributed by atoms with Crippen LogP contribution in [0.15, 0.2) is 40.8 Å². The van der Waals surface area contributed by atoms with Crippen molar-refractivity contribution in [1.82, 2.24) is 4.98 Å². The number of hydrogen-bond donors (Lipinski definition) is 2. The molecule has 0 radical (unpaired) electrons. The van der Waals surface area contributed by atoms with Crippen LogP contribution in [0.4, 0.5) is 5.82 Å². The minimum absolute atomic E-state index is 0.191. The van der Waals surface area contributed by atoms with Crippen molar-refractivity contribution < 1.29 is 19.1 Å². The SMILES string of the molecule is Cc1ccc(C(=O)Nc2cccc(C=CC(=O)O)n2)o1. The number of aromatic nitrogens is 1. The number of carboxylic acids is 1. The van der Waals surface area contributed by atoms with Crippen LogP contribution in [0.1, 0.15) is 22.0 Å². The highest BCUT2D eigenvalue weighted by molar-refractivity contribution is 6.01. The second kappa shape index (κ2) is 5.83. The van der Waals surface area contributed by atoms with Crippen molar-refractivity contribution in [3.8, 4) is 0 Å². The fourth-order valence-corrected chi connectivity index (χ4v) is 1.51. The molecule has 1 amide bonds. The maximum Gasteiger partial charge on any atom is 0.328 e. The van der Waals surface area contributed by atoms with Crippen molar-refractivity contribution in [2.75, 3.05) is 5.32 Å². The Morgan fingerprint density at radius 1 is 1.30 bits per heavy atom. The van der Waals surface area contributed by atoms with E-state index in [0.717, 1.165) is 6.08 Å². The summed E-state index contributed by atoms with van der Waals surface area (Å²) in [6, 6.07) is 8.16. The Hall–Kier alpha value is -2.89. The molecule has 0 aliphatic heterocycles. The summed E-state index contributed by atoms with van der Waals surface area (Å²) in [4.78, 5) is 26.4. The van der Waals surface area contributed by atoms with Gasteiger partial charge in [-0.25, -0.2) is 9.78 Å². The standard InChI is InChI=1S/C14H12N2O4/c1-9-5-7-11(20-9)14(19)16-12-4-2-3-10(15-12)6-8-13(17)18/h2-8H,1H3,(H,17,18)(H,15,16,19). The van der Waals surface area contributed by atoms with Crippen LogP contribution >= 0.6 is 0 Å². The number of nitrogens with zero attached hydrogens (tertiary/aromatic N) is 1. The van der Waals surface area contributed by atoms with E-state index in [9.17, 15) is 9.59 Å². The lowest BCUT2D eigenvalue weighted by Crippen LogP contribution is -2.12.